The molecule has 0 saturated carbocycles. The smallest absolute Gasteiger partial charge is 0.311 e. The summed E-state index contributed by atoms with van der Waals surface area (Å²) < 4.78 is 13.0. The van der Waals surface area contributed by atoms with Crippen LogP contribution in [0.5, 0.6) is 5.75 Å². The van der Waals surface area contributed by atoms with Gasteiger partial charge in [-0.15, -0.1) is 11.8 Å². The van der Waals surface area contributed by atoms with Crippen molar-refractivity contribution in [3.63, 3.8) is 0 Å². The Labute approximate surface area is 203 Å². The Hall–Kier alpha value is -2.44. The summed E-state index contributed by atoms with van der Waals surface area (Å²) in [4.78, 5) is 25.5. The number of methoxy groups -OCH3 is 1. The Morgan fingerprint density at radius 2 is 1.88 bits per heavy atom. The largest absolute Gasteiger partial charge is 0.469 e. The van der Waals surface area contributed by atoms with Crippen LogP contribution in [0.25, 0.3) is 10.9 Å². The van der Waals surface area contributed by atoms with Crippen LogP contribution < -0.4 is 4.74 Å². The molecule has 5 nitrogen and oxygen atoms in total. The van der Waals surface area contributed by atoms with E-state index in [1.54, 1.807) is 0 Å². The molecule has 174 valence electrons. The number of benzene rings is 2. The fourth-order valence-electron chi connectivity index (χ4n) is 4.51. The van der Waals surface area contributed by atoms with E-state index in [0.29, 0.717) is 29.0 Å². The first kappa shape index (κ1) is 23.7. The van der Waals surface area contributed by atoms with Gasteiger partial charge in [-0.3, -0.25) is 9.59 Å². The van der Waals surface area contributed by atoms with Crippen LogP contribution in [0.1, 0.15) is 44.5 Å². The van der Waals surface area contributed by atoms with Crippen molar-refractivity contribution in [1.82, 2.24) is 4.57 Å². The lowest BCUT2D eigenvalue weighted by Crippen LogP contribution is -2.29. The highest BCUT2D eigenvalue weighted by molar-refractivity contribution is 8.00. The number of nitrogens with zero attached hydrogens (tertiary/aromatic N) is 1. The number of carbonyl (C=O) groups excluding carboxylic acids is 2. The van der Waals surface area contributed by atoms with Crippen LogP contribution >= 0.6 is 23.4 Å². The first-order valence-corrected chi connectivity index (χ1v) is 12.2. The summed E-state index contributed by atoms with van der Waals surface area (Å²) in [6, 6.07) is 11.7. The second kappa shape index (κ2) is 9.07. The van der Waals surface area contributed by atoms with Gasteiger partial charge in [0.25, 0.3) is 0 Å². The van der Waals surface area contributed by atoms with Crippen LogP contribution in [0, 0.1) is 5.41 Å². The highest BCUT2D eigenvalue weighted by atomic mass is 35.5. The normalized spacial score (nSPS) is 15.5. The zero-order valence-corrected chi connectivity index (χ0v) is 21.1. The standard InChI is InChI=1S/C26H28ClNO4S/c1-15-12-19-22(32-16(2)29)11-10-20-23(19)24(33-15)21(13-26(3,4)25(30)31-5)28(20)14-17-6-8-18(27)9-7-17/h6-11,15H,12-14H2,1-5H3/t15-/m1/s1. The van der Waals surface area contributed by atoms with Crippen molar-refractivity contribution in [3.8, 4) is 5.75 Å². The molecule has 1 aromatic heterocycles. The van der Waals surface area contributed by atoms with Crippen molar-refractivity contribution >= 4 is 46.2 Å². The maximum atomic E-state index is 12.6. The molecule has 0 radical (unpaired) electrons. The molecule has 1 aliphatic heterocycles. The minimum Gasteiger partial charge on any atom is -0.469 e. The van der Waals surface area contributed by atoms with Crippen molar-refractivity contribution in [3.05, 3.63) is 58.2 Å². The van der Waals surface area contributed by atoms with Gasteiger partial charge in [0.2, 0.25) is 0 Å². The summed E-state index contributed by atoms with van der Waals surface area (Å²) in [5.74, 6) is 0.0455. The van der Waals surface area contributed by atoms with Crippen molar-refractivity contribution in [1.29, 1.82) is 0 Å². The minimum atomic E-state index is -0.697. The van der Waals surface area contributed by atoms with E-state index in [1.165, 1.54) is 14.0 Å². The second-order valence-electron chi connectivity index (χ2n) is 9.20. The average Bonchev–Trinajstić information content (AvgIpc) is 3.03. The first-order valence-electron chi connectivity index (χ1n) is 11.0. The van der Waals surface area contributed by atoms with Crippen LogP contribution in [-0.4, -0.2) is 28.9 Å². The summed E-state index contributed by atoms with van der Waals surface area (Å²) in [6.45, 7) is 8.07. The lowest BCUT2D eigenvalue weighted by Gasteiger charge is -2.25. The molecule has 33 heavy (non-hydrogen) atoms. The summed E-state index contributed by atoms with van der Waals surface area (Å²) in [7, 11) is 1.43. The molecular formula is C26H28ClNO4S. The van der Waals surface area contributed by atoms with Gasteiger partial charge in [-0.05, 0) is 50.1 Å². The van der Waals surface area contributed by atoms with Gasteiger partial charge in [-0.2, -0.15) is 0 Å². The van der Waals surface area contributed by atoms with Gasteiger partial charge in [0.1, 0.15) is 5.75 Å². The van der Waals surface area contributed by atoms with Gasteiger partial charge in [0.05, 0.1) is 18.0 Å². The third kappa shape index (κ3) is 4.64. The third-order valence-corrected chi connectivity index (χ3v) is 7.52. The van der Waals surface area contributed by atoms with Gasteiger partial charge >= 0.3 is 11.9 Å². The van der Waals surface area contributed by atoms with Gasteiger partial charge in [-0.1, -0.05) is 30.7 Å². The molecule has 0 aliphatic carbocycles. The number of thioether (sulfide) groups is 1. The van der Waals surface area contributed by atoms with Crippen molar-refractivity contribution in [2.24, 2.45) is 5.41 Å². The first-order chi connectivity index (χ1) is 15.6. The zero-order valence-electron chi connectivity index (χ0n) is 19.5. The Balaban J connectivity index is 1.95. The van der Waals surface area contributed by atoms with Crippen molar-refractivity contribution in [2.75, 3.05) is 7.11 Å². The number of rotatable bonds is 6. The van der Waals surface area contributed by atoms with Crippen LogP contribution in [0.4, 0.5) is 0 Å². The summed E-state index contributed by atoms with van der Waals surface area (Å²) in [5.41, 5.74) is 3.63. The molecule has 3 aromatic rings. The van der Waals surface area contributed by atoms with Crippen LogP contribution in [0.3, 0.4) is 0 Å². The molecule has 0 bridgehead atoms. The van der Waals surface area contributed by atoms with Crippen molar-refractivity contribution in [2.45, 2.75) is 57.2 Å². The van der Waals surface area contributed by atoms with Crippen molar-refractivity contribution < 1.29 is 19.1 Å². The topological polar surface area (TPSA) is 57.5 Å². The fourth-order valence-corrected chi connectivity index (χ4v) is 5.96. The van der Waals surface area contributed by atoms with Gasteiger partial charge in [-0.25, -0.2) is 0 Å². The molecule has 4 rings (SSSR count). The van der Waals surface area contributed by atoms with E-state index < -0.39 is 5.41 Å². The maximum absolute atomic E-state index is 12.6. The van der Waals surface area contributed by atoms with Crippen LogP contribution in [0.15, 0.2) is 41.3 Å². The highest BCUT2D eigenvalue weighted by Crippen LogP contribution is 2.48. The number of ether oxygens (including phenoxy) is 2. The molecule has 0 fully saturated rings. The SMILES string of the molecule is COC(=O)C(C)(C)Cc1c2c3c(c(OC(C)=O)ccc3n1Cc1ccc(Cl)cc1)C[C@@H](C)S2. The lowest BCUT2D eigenvalue weighted by molar-refractivity contribution is -0.150. The Morgan fingerprint density at radius 3 is 2.52 bits per heavy atom. The second-order valence-corrected chi connectivity index (χ2v) is 11.1. The van der Waals surface area contributed by atoms with Gasteiger partial charge in [0, 0.05) is 51.7 Å². The molecule has 0 amide bonds. The summed E-state index contributed by atoms with van der Waals surface area (Å²) >= 11 is 7.92. The van der Waals surface area contributed by atoms with Gasteiger partial charge < -0.3 is 14.0 Å². The quantitative estimate of drug-likeness (QED) is 0.314. The number of hydrogen-bond acceptors (Lipinski definition) is 5. The lowest BCUT2D eigenvalue weighted by atomic mass is 9.87. The number of halogens is 1. The maximum Gasteiger partial charge on any atom is 0.311 e. The summed E-state index contributed by atoms with van der Waals surface area (Å²) in [6.07, 6.45) is 1.34. The molecular weight excluding hydrogens is 458 g/mol. The minimum absolute atomic E-state index is 0.243. The fraction of sp³-hybridized carbons (Fsp3) is 0.385. The molecule has 1 atom stereocenters. The monoisotopic (exact) mass is 485 g/mol. The molecule has 0 unspecified atom stereocenters. The Kier molecular flexibility index (Phi) is 6.52. The number of carbonyl (C=O) groups is 2. The number of hydrogen-bond donors (Lipinski definition) is 0. The van der Waals surface area contributed by atoms with Gasteiger partial charge in [0.15, 0.2) is 0 Å². The van der Waals surface area contributed by atoms with Crippen LogP contribution in [-0.2, 0) is 33.7 Å². The van der Waals surface area contributed by atoms with E-state index in [4.69, 9.17) is 21.1 Å². The zero-order chi connectivity index (χ0) is 23.9. The van der Waals surface area contributed by atoms with E-state index >= 15 is 0 Å². The van der Waals surface area contributed by atoms with E-state index in [-0.39, 0.29) is 11.9 Å². The predicted octanol–water partition coefficient (Wildman–Crippen LogP) is 6.05. The predicted molar refractivity (Wildman–Crippen MR) is 132 cm³/mol. The average molecular weight is 486 g/mol. The molecule has 0 saturated heterocycles. The number of esters is 2. The van der Waals surface area contributed by atoms with E-state index in [2.05, 4.69) is 11.5 Å². The summed E-state index contributed by atoms with van der Waals surface area (Å²) in [5, 5.41) is 2.12. The van der Waals surface area contributed by atoms with E-state index in [1.807, 2.05) is 62.0 Å². The highest BCUT2D eigenvalue weighted by Gasteiger charge is 2.35. The third-order valence-electron chi connectivity index (χ3n) is 6.02. The molecule has 2 aromatic carbocycles. The molecule has 0 N–H and O–H groups in total. The van der Waals surface area contributed by atoms with Crippen LogP contribution in [0.2, 0.25) is 5.02 Å². The van der Waals surface area contributed by atoms with E-state index in [0.717, 1.165) is 39.0 Å². The molecule has 7 heteroatoms. The van der Waals surface area contributed by atoms with E-state index in [9.17, 15) is 9.59 Å². The molecule has 0 spiro atoms. The molecule has 1 aliphatic rings. The Morgan fingerprint density at radius 1 is 1.18 bits per heavy atom. The number of aromatic nitrogens is 1. The molecule has 2 heterocycles. The Bertz CT molecular complexity index is 1230.